The van der Waals surface area contributed by atoms with Crippen molar-refractivity contribution < 1.29 is 14.8 Å². The Morgan fingerprint density at radius 1 is 0.319 bits per heavy atom. The third-order valence-electron chi connectivity index (χ3n) is 16.3. The van der Waals surface area contributed by atoms with Gasteiger partial charge in [-0.2, -0.15) is 9.97 Å². The minimum atomic E-state index is -1.46. The van der Waals surface area contributed by atoms with Gasteiger partial charge in [0.15, 0.2) is 29.1 Å². The Hall–Kier alpha value is -10.4. The molecule has 0 atom stereocenters. The molecule has 0 unspecified atom stereocenters. The van der Waals surface area contributed by atoms with Crippen LogP contribution >= 0.6 is 34.8 Å². The summed E-state index contributed by atoms with van der Waals surface area (Å²) < 4.78 is 9.52. The van der Waals surface area contributed by atoms with E-state index in [4.69, 9.17) is 69.5 Å². The standard InChI is InChI=1S/C37H23ClN4.C27H17ClN4.C10H8BClO2.C4H8O.CH4/c38-31-23-22-28(26-16-7-8-17-27(26)31)36-39-35(24-12-3-1-4-13-24)40-37(41-36)30-19-11-21-33-34(30)29-18-9-10-20-32(29)42(33)25-14-5-2-6-15-25;28-27-30-25(18-10-3-1-4-11-18)29-26(31-27)21-15-9-17-23-24(21)20-14-7-8-16-22(20)32(23)19-12-5-2-6-13-19;12-10-6-5-9(11(13)14)7-3-1-2-4-8(7)10;1-2-4-5-3-1;/h1-23H;1-17H;1-6,13-14H;1-4H2;1H4. The van der Waals surface area contributed by atoms with Gasteiger partial charge in [-0.15, -0.1) is 0 Å². The summed E-state index contributed by atoms with van der Waals surface area (Å²) in [5.74, 6) is 2.98. The average molecular weight is 1290 g/mol. The van der Waals surface area contributed by atoms with E-state index >= 15 is 0 Å². The summed E-state index contributed by atoms with van der Waals surface area (Å²) in [4.78, 5) is 28.9. The number of halogens is 3. The molecule has 11 nitrogen and oxygen atoms in total. The van der Waals surface area contributed by atoms with Crippen LogP contribution in [0.4, 0.5) is 0 Å². The van der Waals surface area contributed by atoms with Crippen molar-refractivity contribution in [3.8, 4) is 68.3 Å². The van der Waals surface area contributed by atoms with E-state index < -0.39 is 7.12 Å². The Morgan fingerprint density at radius 3 is 1.16 bits per heavy atom. The van der Waals surface area contributed by atoms with Gasteiger partial charge in [-0.05, 0) is 113 Å². The second-order valence-electron chi connectivity index (χ2n) is 22.1. The van der Waals surface area contributed by atoms with Crippen LogP contribution in [0.5, 0.6) is 0 Å². The zero-order chi connectivity index (χ0) is 63.2. The van der Waals surface area contributed by atoms with Crippen molar-refractivity contribution in [1.29, 1.82) is 0 Å². The Labute approximate surface area is 559 Å². The number of hydrogen-bond donors (Lipinski definition) is 2. The number of fused-ring (bicyclic) bond motifs is 8. The lowest BCUT2D eigenvalue weighted by Crippen LogP contribution is -2.30. The molecule has 0 bridgehead atoms. The van der Waals surface area contributed by atoms with Crippen molar-refractivity contribution in [2.75, 3.05) is 13.2 Å². The Bertz CT molecular complexity index is 5340. The normalized spacial score (nSPS) is 11.8. The molecule has 1 fully saturated rings. The van der Waals surface area contributed by atoms with Crippen LogP contribution in [0.25, 0.3) is 133 Å². The molecule has 17 rings (SSSR count). The molecule has 12 aromatic carbocycles. The molecule has 0 saturated carbocycles. The second-order valence-corrected chi connectivity index (χ2v) is 23.2. The molecule has 0 aliphatic carbocycles. The van der Waals surface area contributed by atoms with Gasteiger partial charge in [0.2, 0.25) is 5.28 Å². The predicted molar refractivity (Wildman–Crippen MR) is 389 cm³/mol. The fourth-order valence-corrected chi connectivity index (χ4v) is 12.7. The monoisotopic (exact) mass is 1280 g/mol. The minimum Gasteiger partial charge on any atom is -0.423 e. The van der Waals surface area contributed by atoms with Gasteiger partial charge < -0.3 is 23.9 Å². The summed E-state index contributed by atoms with van der Waals surface area (Å²) in [7, 11) is -1.46. The van der Waals surface area contributed by atoms with E-state index in [1.807, 2.05) is 140 Å². The molecule has 4 aromatic heterocycles. The van der Waals surface area contributed by atoms with Crippen LogP contribution < -0.4 is 5.46 Å². The van der Waals surface area contributed by atoms with E-state index in [9.17, 15) is 0 Å². The summed E-state index contributed by atoms with van der Waals surface area (Å²) in [6.07, 6.45) is 2.56. The van der Waals surface area contributed by atoms with Crippen molar-refractivity contribution in [3.05, 3.63) is 294 Å². The summed E-state index contributed by atoms with van der Waals surface area (Å²) in [5, 5.41) is 27.8. The molecule has 2 N–H and O–H groups in total. The van der Waals surface area contributed by atoms with E-state index in [-0.39, 0.29) is 12.7 Å². The molecule has 0 spiro atoms. The van der Waals surface area contributed by atoms with Gasteiger partial charge in [0.05, 0.1) is 22.1 Å². The smallest absolute Gasteiger partial charge is 0.423 e. The molecule has 1 saturated heterocycles. The van der Waals surface area contributed by atoms with Crippen molar-refractivity contribution in [2.45, 2.75) is 20.3 Å². The largest absolute Gasteiger partial charge is 0.489 e. The molecule has 1 aliphatic heterocycles. The first-order chi connectivity index (χ1) is 45.8. The lowest BCUT2D eigenvalue weighted by molar-refractivity contribution is 0.198. The van der Waals surface area contributed by atoms with Gasteiger partial charge in [0.1, 0.15) is 0 Å². The molecule has 15 heteroatoms. The number of nitrogens with zero attached hydrogens (tertiary/aromatic N) is 8. The first-order valence-electron chi connectivity index (χ1n) is 30.5. The van der Waals surface area contributed by atoms with E-state index in [0.29, 0.717) is 44.6 Å². The van der Waals surface area contributed by atoms with Gasteiger partial charge in [-0.25, -0.2) is 19.9 Å². The Kier molecular flexibility index (Phi) is 18.7. The highest BCUT2D eigenvalue weighted by atomic mass is 35.5. The third-order valence-corrected chi connectivity index (χ3v) is 17.2. The fourth-order valence-electron chi connectivity index (χ4n) is 12.1. The molecule has 5 heterocycles. The van der Waals surface area contributed by atoms with Gasteiger partial charge in [0, 0.05) is 89.4 Å². The Balaban J connectivity index is 0.000000135. The average Bonchev–Trinajstić information content (AvgIpc) is 1.58. The van der Waals surface area contributed by atoms with Crippen molar-refractivity contribution >= 4 is 113 Å². The number of rotatable bonds is 8. The van der Waals surface area contributed by atoms with Crippen LogP contribution in [0.1, 0.15) is 20.3 Å². The first kappa shape index (κ1) is 62.4. The lowest BCUT2D eigenvalue weighted by atomic mass is 9.77. The molecular formula is C79H60BCl3N8O3. The van der Waals surface area contributed by atoms with E-state index in [2.05, 4.69) is 146 Å². The van der Waals surface area contributed by atoms with Gasteiger partial charge >= 0.3 is 7.12 Å². The summed E-state index contributed by atoms with van der Waals surface area (Å²) in [6.45, 7) is 2.00. The SMILES string of the molecule is C.C1CCOC1.Clc1ccc(-c2nc(-c3ccccc3)nc(-c3cccc4c3c3ccccc3n4-c3ccccc3)n2)c2ccccc12.Clc1nc(-c2ccccc2)nc(-c2cccc3c2c2ccccc2n3-c2ccccc2)n1.OB(O)c1ccc(Cl)c2ccccc12. The topological polar surface area (TPSA) is 137 Å². The molecule has 0 amide bonds. The molecule has 16 aromatic rings. The zero-order valence-corrected chi connectivity index (χ0v) is 52.2. The van der Waals surface area contributed by atoms with Gasteiger partial charge in [-0.3, -0.25) is 0 Å². The minimum absolute atomic E-state index is 0. The molecule has 0 radical (unpaired) electrons. The summed E-state index contributed by atoms with van der Waals surface area (Å²) >= 11 is 18.9. The zero-order valence-electron chi connectivity index (χ0n) is 50.0. The fraction of sp³-hybridized carbons (Fsp3) is 0.0633. The first-order valence-corrected chi connectivity index (χ1v) is 31.6. The third kappa shape index (κ3) is 12.7. The Morgan fingerprint density at radius 2 is 0.681 bits per heavy atom. The van der Waals surface area contributed by atoms with Crippen LogP contribution in [0.3, 0.4) is 0 Å². The van der Waals surface area contributed by atoms with E-state index in [1.165, 1.54) is 12.8 Å². The van der Waals surface area contributed by atoms with Crippen molar-refractivity contribution in [1.82, 2.24) is 39.0 Å². The van der Waals surface area contributed by atoms with Gasteiger partial charge in [0.25, 0.3) is 0 Å². The quantitative estimate of drug-likeness (QED) is 0.142. The van der Waals surface area contributed by atoms with Crippen LogP contribution in [-0.4, -0.2) is 69.4 Å². The summed E-state index contributed by atoms with van der Waals surface area (Å²) in [5.41, 5.74) is 11.8. The van der Waals surface area contributed by atoms with Crippen LogP contribution in [0, 0.1) is 0 Å². The van der Waals surface area contributed by atoms with Crippen LogP contribution in [0.15, 0.2) is 279 Å². The maximum absolute atomic E-state index is 9.13. The predicted octanol–water partition coefficient (Wildman–Crippen LogP) is 19.3. The van der Waals surface area contributed by atoms with E-state index in [1.54, 1.807) is 12.1 Å². The molecule has 1 aliphatic rings. The van der Waals surface area contributed by atoms with Crippen molar-refractivity contribution in [3.63, 3.8) is 0 Å². The maximum atomic E-state index is 9.13. The number of aromatic nitrogens is 8. The summed E-state index contributed by atoms with van der Waals surface area (Å²) in [6, 6.07) is 92.9. The number of ether oxygens (including phenoxy) is 1. The maximum Gasteiger partial charge on any atom is 0.489 e. The molecular weight excluding hydrogens is 1230 g/mol. The molecule has 94 heavy (non-hydrogen) atoms. The van der Waals surface area contributed by atoms with Crippen LogP contribution in [0.2, 0.25) is 15.3 Å². The molecule has 458 valence electrons. The highest BCUT2D eigenvalue weighted by molar-refractivity contribution is 6.62. The lowest BCUT2D eigenvalue weighted by Gasteiger charge is -2.12. The number of hydrogen-bond acceptors (Lipinski definition) is 9. The van der Waals surface area contributed by atoms with Gasteiger partial charge in [-0.1, -0.05) is 243 Å². The number of para-hydroxylation sites is 4. The van der Waals surface area contributed by atoms with Crippen LogP contribution in [-0.2, 0) is 4.74 Å². The number of benzene rings is 12. The second kappa shape index (κ2) is 28.2. The van der Waals surface area contributed by atoms with E-state index in [0.717, 1.165) is 118 Å². The highest BCUT2D eigenvalue weighted by Gasteiger charge is 2.23. The van der Waals surface area contributed by atoms with Crippen molar-refractivity contribution in [2.24, 2.45) is 0 Å². The highest BCUT2D eigenvalue weighted by Crippen LogP contribution is 2.41.